The van der Waals surface area contributed by atoms with Gasteiger partial charge in [0.05, 0.1) is 22.1 Å². The second kappa shape index (κ2) is 5.40. The number of nitro benzene ring substituents is 1. The zero-order valence-electron chi connectivity index (χ0n) is 8.90. The summed E-state index contributed by atoms with van der Waals surface area (Å²) >= 11 is 5.74. The highest BCUT2D eigenvalue weighted by Crippen LogP contribution is 2.21. The number of nitro groups is 1. The first kappa shape index (κ1) is 13.1. The molecule has 0 bridgehead atoms. The standard InChI is InChI=1S/C10H9ClN2O4/c1-6(14)5-12-10(15)8-4-7(13(16)17)2-3-9(8)11/h2-4H,5H2,1H3,(H,12,15). The van der Waals surface area contributed by atoms with Gasteiger partial charge < -0.3 is 5.32 Å². The number of hydrogen-bond acceptors (Lipinski definition) is 4. The van der Waals surface area contributed by atoms with Gasteiger partial charge in [0.25, 0.3) is 11.6 Å². The Morgan fingerprint density at radius 1 is 1.47 bits per heavy atom. The average Bonchev–Trinajstić information content (AvgIpc) is 2.26. The molecule has 0 heterocycles. The number of nitrogens with one attached hydrogen (secondary N) is 1. The van der Waals surface area contributed by atoms with E-state index in [-0.39, 0.29) is 28.6 Å². The first-order chi connectivity index (χ1) is 7.91. The van der Waals surface area contributed by atoms with Gasteiger partial charge in [0.2, 0.25) is 0 Å². The topological polar surface area (TPSA) is 89.3 Å². The quantitative estimate of drug-likeness (QED) is 0.654. The number of amides is 1. The molecule has 0 spiro atoms. The van der Waals surface area contributed by atoms with Crippen molar-refractivity contribution in [2.45, 2.75) is 6.92 Å². The van der Waals surface area contributed by atoms with Crippen LogP contribution in [0.4, 0.5) is 5.69 Å². The molecule has 90 valence electrons. The molecule has 1 amide bonds. The van der Waals surface area contributed by atoms with E-state index in [1.54, 1.807) is 0 Å². The normalized spacial score (nSPS) is 9.76. The highest BCUT2D eigenvalue weighted by Gasteiger charge is 2.15. The lowest BCUT2D eigenvalue weighted by Gasteiger charge is -2.04. The molecule has 0 aromatic heterocycles. The van der Waals surface area contributed by atoms with Crippen molar-refractivity contribution in [2.75, 3.05) is 6.54 Å². The van der Waals surface area contributed by atoms with Gasteiger partial charge in [-0.15, -0.1) is 0 Å². The van der Waals surface area contributed by atoms with Crippen LogP contribution in [0.15, 0.2) is 18.2 Å². The van der Waals surface area contributed by atoms with Crippen LogP contribution in [0.2, 0.25) is 5.02 Å². The molecule has 17 heavy (non-hydrogen) atoms. The van der Waals surface area contributed by atoms with Crippen LogP contribution in [0, 0.1) is 10.1 Å². The van der Waals surface area contributed by atoms with E-state index >= 15 is 0 Å². The van der Waals surface area contributed by atoms with Gasteiger partial charge in [0, 0.05) is 12.1 Å². The van der Waals surface area contributed by atoms with E-state index in [0.717, 1.165) is 6.07 Å². The van der Waals surface area contributed by atoms with Crippen molar-refractivity contribution in [3.8, 4) is 0 Å². The van der Waals surface area contributed by atoms with Crippen molar-refractivity contribution in [3.63, 3.8) is 0 Å². The summed E-state index contributed by atoms with van der Waals surface area (Å²) in [6.45, 7) is 1.17. The molecule has 0 atom stereocenters. The molecule has 0 saturated carbocycles. The van der Waals surface area contributed by atoms with E-state index in [2.05, 4.69) is 5.32 Å². The van der Waals surface area contributed by atoms with Gasteiger partial charge in [-0.2, -0.15) is 0 Å². The zero-order chi connectivity index (χ0) is 13.0. The maximum absolute atomic E-state index is 11.6. The Morgan fingerprint density at radius 3 is 2.65 bits per heavy atom. The second-order valence-electron chi connectivity index (χ2n) is 3.31. The third-order valence-electron chi connectivity index (χ3n) is 1.90. The molecule has 1 aromatic carbocycles. The van der Waals surface area contributed by atoms with Gasteiger partial charge in [-0.25, -0.2) is 0 Å². The highest BCUT2D eigenvalue weighted by atomic mass is 35.5. The predicted octanol–water partition coefficient (Wildman–Crippen LogP) is 1.57. The Kier molecular flexibility index (Phi) is 4.17. The molecule has 1 aromatic rings. The van der Waals surface area contributed by atoms with Crippen molar-refractivity contribution < 1.29 is 14.5 Å². The molecule has 7 heteroatoms. The summed E-state index contributed by atoms with van der Waals surface area (Å²) in [5.41, 5.74) is -0.260. The van der Waals surface area contributed by atoms with Crippen molar-refractivity contribution in [1.82, 2.24) is 5.32 Å². The molecule has 6 nitrogen and oxygen atoms in total. The van der Waals surface area contributed by atoms with E-state index < -0.39 is 10.8 Å². The molecular weight excluding hydrogens is 248 g/mol. The number of nitrogens with zero attached hydrogens (tertiary/aromatic N) is 1. The molecule has 0 aliphatic carbocycles. The molecule has 0 unspecified atom stereocenters. The Hall–Kier alpha value is -1.95. The third kappa shape index (κ3) is 3.53. The van der Waals surface area contributed by atoms with E-state index in [0.29, 0.717) is 0 Å². The Balaban J connectivity index is 2.95. The SMILES string of the molecule is CC(=O)CNC(=O)c1cc([N+](=O)[O-])ccc1Cl. The minimum Gasteiger partial charge on any atom is -0.345 e. The van der Waals surface area contributed by atoms with Crippen LogP contribution < -0.4 is 5.32 Å². The van der Waals surface area contributed by atoms with Crippen LogP contribution in [-0.4, -0.2) is 23.2 Å². The second-order valence-corrected chi connectivity index (χ2v) is 3.71. The van der Waals surface area contributed by atoms with Gasteiger partial charge >= 0.3 is 0 Å². The number of ketones is 1. The van der Waals surface area contributed by atoms with Gasteiger partial charge in [-0.3, -0.25) is 19.7 Å². The van der Waals surface area contributed by atoms with Crippen LogP contribution >= 0.6 is 11.6 Å². The predicted molar refractivity (Wildman–Crippen MR) is 61.1 cm³/mol. The van der Waals surface area contributed by atoms with Crippen molar-refractivity contribution in [3.05, 3.63) is 38.9 Å². The molecule has 0 saturated heterocycles. The summed E-state index contributed by atoms with van der Waals surface area (Å²) in [5.74, 6) is -0.839. The molecule has 0 aliphatic heterocycles. The van der Waals surface area contributed by atoms with E-state index in [1.165, 1.54) is 19.1 Å². The fourth-order valence-corrected chi connectivity index (χ4v) is 1.30. The van der Waals surface area contributed by atoms with Gasteiger partial charge in [-0.05, 0) is 13.0 Å². The van der Waals surface area contributed by atoms with E-state index in [9.17, 15) is 19.7 Å². The summed E-state index contributed by atoms with van der Waals surface area (Å²) in [6.07, 6.45) is 0. The first-order valence-electron chi connectivity index (χ1n) is 4.63. The summed E-state index contributed by atoms with van der Waals surface area (Å²) in [6, 6.07) is 3.53. The summed E-state index contributed by atoms with van der Waals surface area (Å²) in [4.78, 5) is 32.2. The minimum absolute atomic E-state index is 0.0258. The number of carbonyl (C=O) groups is 2. The van der Waals surface area contributed by atoms with Gasteiger partial charge in [-0.1, -0.05) is 11.6 Å². The number of carbonyl (C=O) groups excluding carboxylic acids is 2. The lowest BCUT2D eigenvalue weighted by Crippen LogP contribution is -2.28. The molecule has 0 radical (unpaired) electrons. The van der Waals surface area contributed by atoms with E-state index in [4.69, 9.17) is 11.6 Å². The van der Waals surface area contributed by atoms with Gasteiger partial charge in [0.1, 0.15) is 5.78 Å². The Bertz CT molecular complexity index is 487. The molecule has 0 fully saturated rings. The fraction of sp³-hybridized carbons (Fsp3) is 0.200. The highest BCUT2D eigenvalue weighted by molar-refractivity contribution is 6.34. The summed E-state index contributed by atoms with van der Waals surface area (Å²) in [5, 5.41) is 12.9. The third-order valence-corrected chi connectivity index (χ3v) is 2.23. The molecule has 1 N–H and O–H groups in total. The van der Waals surface area contributed by atoms with Crippen molar-refractivity contribution in [1.29, 1.82) is 0 Å². The summed E-state index contributed by atoms with van der Waals surface area (Å²) < 4.78 is 0. The van der Waals surface area contributed by atoms with Crippen molar-refractivity contribution >= 4 is 29.0 Å². The minimum atomic E-state index is -0.627. The Labute approximate surface area is 102 Å². The lowest BCUT2D eigenvalue weighted by atomic mass is 10.2. The number of benzene rings is 1. The number of non-ortho nitro benzene ring substituents is 1. The number of Topliss-reactive ketones (excluding diaryl/α,β-unsaturated/α-hetero) is 1. The van der Waals surface area contributed by atoms with Crippen LogP contribution in [0.3, 0.4) is 0 Å². The fourth-order valence-electron chi connectivity index (χ4n) is 1.10. The van der Waals surface area contributed by atoms with Crippen molar-refractivity contribution in [2.24, 2.45) is 0 Å². The van der Waals surface area contributed by atoms with Crippen LogP contribution in [0.5, 0.6) is 0 Å². The molecular formula is C10H9ClN2O4. The lowest BCUT2D eigenvalue weighted by molar-refractivity contribution is -0.384. The van der Waals surface area contributed by atoms with Crippen LogP contribution in [-0.2, 0) is 4.79 Å². The first-order valence-corrected chi connectivity index (χ1v) is 5.01. The molecule has 0 aliphatic rings. The maximum Gasteiger partial charge on any atom is 0.270 e. The average molecular weight is 257 g/mol. The number of rotatable bonds is 4. The largest absolute Gasteiger partial charge is 0.345 e. The van der Waals surface area contributed by atoms with E-state index in [1.807, 2.05) is 0 Å². The monoisotopic (exact) mass is 256 g/mol. The van der Waals surface area contributed by atoms with Crippen LogP contribution in [0.1, 0.15) is 17.3 Å². The molecule has 1 rings (SSSR count). The Morgan fingerprint density at radius 2 is 2.12 bits per heavy atom. The maximum atomic E-state index is 11.6. The summed E-state index contributed by atoms with van der Waals surface area (Å²) in [7, 11) is 0. The number of halogens is 1. The smallest absolute Gasteiger partial charge is 0.270 e. The number of hydrogen-bond donors (Lipinski definition) is 1. The zero-order valence-corrected chi connectivity index (χ0v) is 9.65. The van der Waals surface area contributed by atoms with Crippen LogP contribution in [0.25, 0.3) is 0 Å². The van der Waals surface area contributed by atoms with Gasteiger partial charge in [0.15, 0.2) is 0 Å².